The molecule has 0 aliphatic carbocycles. The quantitative estimate of drug-likeness (QED) is 0.535. The van der Waals surface area contributed by atoms with Crippen LogP contribution in [0.1, 0.15) is 6.42 Å². The predicted octanol–water partition coefficient (Wildman–Crippen LogP) is -1.31. The van der Waals surface area contributed by atoms with Gasteiger partial charge >= 0.3 is 5.97 Å². The van der Waals surface area contributed by atoms with Crippen molar-refractivity contribution in [2.75, 3.05) is 31.7 Å². The molecule has 1 saturated heterocycles. The lowest BCUT2D eigenvalue weighted by atomic mass is 10.3. The molecule has 1 atom stereocenters. The monoisotopic (exact) mass is 304 g/mol. The Morgan fingerprint density at radius 3 is 2.70 bits per heavy atom. The molecule has 20 heavy (non-hydrogen) atoms. The topological polar surface area (TPSA) is 113 Å². The van der Waals surface area contributed by atoms with E-state index in [1.54, 1.807) is 0 Å². The van der Waals surface area contributed by atoms with Crippen molar-refractivity contribution in [1.82, 2.24) is 10.2 Å². The number of carbonyl (C=O) groups excluding carboxylic acids is 3. The highest BCUT2D eigenvalue weighted by atomic mass is 32.2. The summed E-state index contributed by atoms with van der Waals surface area (Å²) in [6.07, 6.45) is -0.707. The lowest BCUT2D eigenvalue weighted by molar-refractivity contribution is -0.141. The predicted molar refractivity (Wildman–Crippen MR) is 70.1 cm³/mol. The van der Waals surface area contributed by atoms with E-state index in [-0.39, 0.29) is 42.8 Å². The van der Waals surface area contributed by atoms with Crippen molar-refractivity contribution in [3.05, 3.63) is 0 Å². The van der Waals surface area contributed by atoms with Crippen LogP contribution < -0.4 is 5.32 Å². The van der Waals surface area contributed by atoms with E-state index in [2.05, 4.69) is 5.32 Å². The van der Waals surface area contributed by atoms with Gasteiger partial charge in [0.05, 0.1) is 17.9 Å². The fourth-order valence-corrected chi connectivity index (χ4v) is 2.23. The van der Waals surface area contributed by atoms with E-state index in [4.69, 9.17) is 9.84 Å². The second-order valence-electron chi connectivity index (χ2n) is 4.05. The summed E-state index contributed by atoms with van der Waals surface area (Å²) < 4.78 is 4.87. The van der Waals surface area contributed by atoms with E-state index in [1.807, 2.05) is 0 Å². The van der Waals surface area contributed by atoms with Crippen LogP contribution in [0.3, 0.4) is 0 Å². The Bertz CT molecular complexity index is 414. The molecule has 0 spiro atoms. The molecular formula is C11H16N2O6S. The first-order valence-corrected chi connectivity index (χ1v) is 7.04. The SMILES string of the molecule is CO[C@H]1CC(=O)N(CCNC(=O)CSCC(=O)O)C1=O. The highest BCUT2D eigenvalue weighted by Crippen LogP contribution is 2.14. The summed E-state index contributed by atoms with van der Waals surface area (Å²) in [5.74, 6) is -2.16. The van der Waals surface area contributed by atoms with Gasteiger partial charge in [-0.15, -0.1) is 11.8 Å². The maximum absolute atomic E-state index is 11.7. The summed E-state index contributed by atoms with van der Waals surface area (Å²) in [6, 6.07) is 0. The molecule has 1 aliphatic heterocycles. The highest BCUT2D eigenvalue weighted by Gasteiger charge is 2.38. The van der Waals surface area contributed by atoms with Gasteiger partial charge in [0, 0.05) is 20.2 Å². The molecule has 1 rings (SSSR count). The molecule has 1 aliphatic rings. The lowest BCUT2D eigenvalue weighted by Crippen LogP contribution is -2.39. The van der Waals surface area contributed by atoms with Crippen molar-refractivity contribution in [3.63, 3.8) is 0 Å². The Morgan fingerprint density at radius 1 is 1.45 bits per heavy atom. The van der Waals surface area contributed by atoms with Crippen LogP contribution in [0.4, 0.5) is 0 Å². The third kappa shape index (κ3) is 4.82. The lowest BCUT2D eigenvalue weighted by Gasteiger charge is -2.14. The first-order chi connectivity index (χ1) is 9.45. The van der Waals surface area contributed by atoms with Crippen LogP contribution in [0.5, 0.6) is 0 Å². The number of nitrogens with zero attached hydrogens (tertiary/aromatic N) is 1. The molecular weight excluding hydrogens is 288 g/mol. The zero-order valence-electron chi connectivity index (χ0n) is 11.0. The van der Waals surface area contributed by atoms with Crippen LogP contribution in [-0.4, -0.2) is 71.5 Å². The van der Waals surface area contributed by atoms with Crippen LogP contribution in [0, 0.1) is 0 Å². The summed E-state index contributed by atoms with van der Waals surface area (Å²) in [7, 11) is 1.36. The number of likely N-dealkylation sites (tertiary alicyclic amines) is 1. The number of aliphatic carboxylic acids is 1. The fourth-order valence-electron chi connectivity index (χ4n) is 1.66. The maximum Gasteiger partial charge on any atom is 0.313 e. The zero-order chi connectivity index (χ0) is 15.1. The fraction of sp³-hybridized carbons (Fsp3) is 0.636. The van der Waals surface area contributed by atoms with E-state index in [0.29, 0.717) is 0 Å². The van der Waals surface area contributed by atoms with Crippen LogP contribution >= 0.6 is 11.8 Å². The number of nitrogens with one attached hydrogen (secondary N) is 1. The molecule has 0 bridgehead atoms. The van der Waals surface area contributed by atoms with E-state index < -0.39 is 18.0 Å². The number of amides is 3. The molecule has 1 heterocycles. The van der Waals surface area contributed by atoms with Crippen molar-refractivity contribution in [3.8, 4) is 0 Å². The standard InChI is InChI=1S/C11H16N2O6S/c1-19-7-4-9(15)13(11(7)18)3-2-12-8(14)5-20-6-10(16)17/h7H,2-6H2,1H3,(H,12,14)(H,16,17)/t7-/m0/s1. The zero-order valence-corrected chi connectivity index (χ0v) is 11.8. The summed E-state index contributed by atoms with van der Waals surface area (Å²) >= 11 is 0.978. The molecule has 2 N–H and O–H groups in total. The minimum absolute atomic E-state index is 0.0227. The number of thioether (sulfide) groups is 1. The molecule has 0 aromatic rings. The number of carbonyl (C=O) groups is 4. The van der Waals surface area contributed by atoms with Crippen molar-refractivity contribution in [2.24, 2.45) is 0 Å². The molecule has 0 aromatic heterocycles. The van der Waals surface area contributed by atoms with Crippen molar-refractivity contribution in [1.29, 1.82) is 0 Å². The van der Waals surface area contributed by atoms with Crippen LogP contribution in [0.15, 0.2) is 0 Å². The number of hydrogen-bond acceptors (Lipinski definition) is 6. The van der Waals surface area contributed by atoms with Crippen molar-refractivity contribution in [2.45, 2.75) is 12.5 Å². The highest BCUT2D eigenvalue weighted by molar-refractivity contribution is 8.00. The first-order valence-electron chi connectivity index (χ1n) is 5.89. The third-order valence-electron chi connectivity index (χ3n) is 2.60. The normalized spacial score (nSPS) is 18.4. The number of hydrogen-bond donors (Lipinski definition) is 2. The van der Waals surface area contributed by atoms with Gasteiger partial charge in [0.25, 0.3) is 5.91 Å². The Kier molecular flexibility index (Phi) is 6.46. The van der Waals surface area contributed by atoms with E-state index in [9.17, 15) is 19.2 Å². The second-order valence-corrected chi connectivity index (χ2v) is 5.03. The minimum atomic E-state index is -0.985. The largest absolute Gasteiger partial charge is 0.481 e. The summed E-state index contributed by atoms with van der Waals surface area (Å²) in [5, 5.41) is 10.9. The van der Waals surface area contributed by atoms with Gasteiger partial charge in [0.2, 0.25) is 11.8 Å². The number of imide groups is 1. The second kappa shape index (κ2) is 7.85. The molecule has 1 fully saturated rings. The van der Waals surface area contributed by atoms with E-state index >= 15 is 0 Å². The number of carboxylic acids is 1. The molecule has 0 radical (unpaired) electrons. The van der Waals surface area contributed by atoms with Gasteiger partial charge in [-0.05, 0) is 0 Å². The molecule has 0 aromatic carbocycles. The summed E-state index contributed by atoms with van der Waals surface area (Å²) in [6.45, 7) is 0.229. The maximum atomic E-state index is 11.7. The summed E-state index contributed by atoms with van der Waals surface area (Å²) in [5.41, 5.74) is 0. The number of carboxylic acid groups (broad SMARTS) is 1. The van der Waals surface area contributed by atoms with Gasteiger partial charge in [0.15, 0.2) is 0 Å². The molecule has 8 nitrogen and oxygen atoms in total. The van der Waals surface area contributed by atoms with E-state index in [0.717, 1.165) is 16.7 Å². The van der Waals surface area contributed by atoms with Crippen molar-refractivity contribution >= 4 is 35.5 Å². The minimum Gasteiger partial charge on any atom is -0.481 e. The summed E-state index contributed by atoms with van der Waals surface area (Å²) in [4.78, 5) is 45.8. The molecule has 3 amide bonds. The molecule has 112 valence electrons. The van der Waals surface area contributed by atoms with Crippen LogP contribution in [0.2, 0.25) is 0 Å². The number of rotatable bonds is 8. The van der Waals surface area contributed by atoms with Gasteiger partial charge < -0.3 is 15.2 Å². The smallest absolute Gasteiger partial charge is 0.313 e. The van der Waals surface area contributed by atoms with Gasteiger partial charge in [0.1, 0.15) is 6.10 Å². The van der Waals surface area contributed by atoms with Gasteiger partial charge in [-0.2, -0.15) is 0 Å². The Hall–Kier alpha value is -1.61. The Balaban J connectivity index is 2.23. The Morgan fingerprint density at radius 2 is 2.15 bits per heavy atom. The third-order valence-corrected chi connectivity index (χ3v) is 3.52. The molecule has 9 heteroatoms. The van der Waals surface area contributed by atoms with Gasteiger partial charge in [-0.25, -0.2) is 0 Å². The van der Waals surface area contributed by atoms with Crippen LogP contribution in [-0.2, 0) is 23.9 Å². The van der Waals surface area contributed by atoms with Gasteiger partial charge in [-0.3, -0.25) is 24.1 Å². The molecule has 0 saturated carbocycles. The first kappa shape index (κ1) is 16.4. The van der Waals surface area contributed by atoms with Crippen molar-refractivity contribution < 1.29 is 29.0 Å². The van der Waals surface area contributed by atoms with E-state index in [1.165, 1.54) is 7.11 Å². The number of methoxy groups -OCH3 is 1. The van der Waals surface area contributed by atoms with Crippen LogP contribution in [0.25, 0.3) is 0 Å². The Labute approximate surface area is 119 Å². The number of ether oxygens (including phenoxy) is 1. The average Bonchev–Trinajstić information content (AvgIpc) is 2.65. The van der Waals surface area contributed by atoms with Gasteiger partial charge in [-0.1, -0.05) is 0 Å². The average molecular weight is 304 g/mol. The molecule has 0 unspecified atom stereocenters.